The number of aryl methyl sites for hydroxylation is 1. The summed E-state index contributed by atoms with van der Waals surface area (Å²) < 4.78 is 0. The lowest BCUT2D eigenvalue weighted by Gasteiger charge is -2.38. The molecule has 156 valence electrons. The number of benzene rings is 1. The maximum absolute atomic E-state index is 13.4. The van der Waals surface area contributed by atoms with Gasteiger partial charge >= 0.3 is 0 Å². The normalized spacial score (nSPS) is 16.0. The number of thiophene rings is 1. The Balaban J connectivity index is 1.88. The summed E-state index contributed by atoms with van der Waals surface area (Å²) in [6.45, 7) is 9.74. The van der Waals surface area contributed by atoms with Gasteiger partial charge in [-0.25, -0.2) is 0 Å². The molecule has 4 nitrogen and oxygen atoms in total. The molecule has 0 aliphatic carbocycles. The van der Waals surface area contributed by atoms with Crippen LogP contribution in [0.1, 0.15) is 61.2 Å². The molecule has 0 fully saturated rings. The second-order valence-electron chi connectivity index (χ2n) is 8.31. The molecule has 0 spiro atoms. The lowest BCUT2D eigenvalue weighted by atomic mass is 9.90. The highest BCUT2D eigenvalue weighted by Gasteiger charge is 2.34. The van der Waals surface area contributed by atoms with Crippen LogP contribution in [-0.4, -0.2) is 41.2 Å². The Morgan fingerprint density at radius 1 is 1.21 bits per heavy atom. The fraction of sp³-hybridized carbons (Fsp3) is 0.500. The smallest absolute Gasteiger partial charge is 0.242 e. The standard InChI is InChI=1S/C24H32N2O2S/c1-5-12-25(22(27)15-17(2)3)16-23(28)26-13-10-21-20(11-14-29-21)24(26)19-9-7-6-8-18(19)4/h6-9,11,14,17,24H,5,10,12-13,15-16H2,1-4H3/t24-/m0/s1. The first-order valence-electron chi connectivity index (χ1n) is 10.6. The SMILES string of the molecule is CCCN(CC(=O)N1CCc2sccc2[C@@H]1c1ccccc1C)C(=O)CC(C)C. The van der Waals surface area contributed by atoms with E-state index in [1.165, 1.54) is 21.6 Å². The Morgan fingerprint density at radius 3 is 2.66 bits per heavy atom. The Bertz CT molecular complexity index is 858. The highest BCUT2D eigenvalue weighted by molar-refractivity contribution is 7.10. The first kappa shape index (κ1) is 21.6. The van der Waals surface area contributed by atoms with E-state index in [4.69, 9.17) is 0 Å². The Hall–Kier alpha value is -2.14. The van der Waals surface area contributed by atoms with E-state index in [0.717, 1.165) is 12.8 Å². The van der Waals surface area contributed by atoms with Crippen molar-refractivity contribution in [1.29, 1.82) is 0 Å². The Labute approximate surface area is 178 Å². The first-order chi connectivity index (χ1) is 13.9. The van der Waals surface area contributed by atoms with Crippen molar-refractivity contribution in [3.05, 3.63) is 57.3 Å². The van der Waals surface area contributed by atoms with Crippen LogP contribution in [0.4, 0.5) is 0 Å². The highest BCUT2D eigenvalue weighted by atomic mass is 32.1. The van der Waals surface area contributed by atoms with Crippen LogP contribution < -0.4 is 0 Å². The molecule has 3 rings (SSSR count). The number of hydrogen-bond acceptors (Lipinski definition) is 3. The second-order valence-corrected chi connectivity index (χ2v) is 9.31. The second kappa shape index (κ2) is 9.57. The van der Waals surface area contributed by atoms with E-state index in [-0.39, 0.29) is 24.4 Å². The summed E-state index contributed by atoms with van der Waals surface area (Å²) in [5, 5.41) is 2.12. The summed E-state index contributed by atoms with van der Waals surface area (Å²) in [5.74, 6) is 0.413. The summed E-state index contributed by atoms with van der Waals surface area (Å²) in [5.41, 5.74) is 3.60. The van der Waals surface area contributed by atoms with E-state index < -0.39 is 0 Å². The fourth-order valence-corrected chi connectivity index (χ4v) is 5.01. The zero-order valence-electron chi connectivity index (χ0n) is 18.0. The maximum Gasteiger partial charge on any atom is 0.242 e. The monoisotopic (exact) mass is 412 g/mol. The van der Waals surface area contributed by atoms with Gasteiger partial charge in [-0.2, -0.15) is 0 Å². The number of fused-ring (bicyclic) bond motifs is 1. The molecule has 0 unspecified atom stereocenters. The van der Waals surface area contributed by atoms with Gasteiger partial charge in [0.1, 0.15) is 0 Å². The quantitative estimate of drug-likeness (QED) is 0.654. The molecule has 1 atom stereocenters. The van der Waals surface area contributed by atoms with Crippen molar-refractivity contribution in [2.45, 2.75) is 53.0 Å². The van der Waals surface area contributed by atoms with Crippen LogP contribution in [0.5, 0.6) is 0 Å². The van der Waals surface area contributed by atoms with E-state index >= 15 is 0 Å². The molecule has 1 aromatic heterocycles. The zero-order valence-corrected chi connectivity index (χ0v) is 18.8. The van der Waals surface area contributed by atoms with Crippen LogP contribution >= 0.6 is 11.3 Å². The lowest BCUT2D eigenvalue weighted by Crippen LogP contribution is -2.47. The summed E-state index contributed by atoms with van der Waals surface area (Å²) in [7, 11) is 0. The minimum absolute atomic E-state index is 0.0423. The third-order valence-corrected chi connectivity index (χ3v) is 6.52. The van der Waals surface area contributed by atoms with Crippen LogP contribution in [0.25, 0.3) is 0 Å². The predicted octanol–water partition coefficient (Wildman–Crippen LogP) is 4.82. The molecule has 1 aliphatic rings. The van der Waals surface area contributed by atoms with Gasteiger partial charge in [0.15, 0.2) is 0 Å². The van der Waals surface area contributed by atoms with Crippen molar-refractivity contribution in [2.24, 2.45) is 5.92 Å². The van der Waals surface area contributed by atoms with Gasteiger partial charge in [0, 0.05) is 24.4 Å². The lowest BCUT2D eigenvalue weighted by molar-refractivity contribution is -0.142. The van der Waals surface area contributed by atoms with Gasteiger partial charge in [0.25, 0.3) is 0 Å². The summed E-state index contributed by atoms with van der Waals surface area (Å²) in [4.78, 5) is 31.2. The number of carbonyl (C=O) groups excluding carboxylic acids is 2. The minimum Gasteiger partial charge on any atom is -0.333 e. The largest absolute Gasteiger partial charge is 0.333 e. The van der Waals surface area contributed by atoms with Crippen LogP contribution in [0.3, 0.4) is 0 Å². The van der Waals surface area contributed by atoms with E-state index in [0.29, 0.717) is 25.4 Å². The molecular formula is C24H32N2O2S. The highest BCUT2D eigenvalue weighted by Crippen LogP contribution is 2.39. The van der Waals surface area contributed by atoms with Crippen molar-refractivity contribution in [1.82, 2.24) is 9.80 Å². The van der Waals surface area contributed by atoms with Crippen molar-refractivity contribution in [2.75, 3.05) is 19.6 Å². The molecule has 1 aliphatic heterocycles. The minimum atomic E-state index is -0.0672. The molecule has 0 N–H and O–H groups in total. The number of rotatable bonds is 7. The molecule has 2 amide bonds. The molecule has 0 saturated carbocycles. The van der Waals surface area contributed by atoms with E-state index in [1.54, 1.807) is 16.2 Å². The third kappa shape index (κ3) is 4.89. The van der Waals surface area contributed by atoms with E-state index in [9.17, 15) is 9.59 Å². The van der Waals surface area contributed by atoms with Crippen LogP contribution in [0, 0.1) is 12.8 Å². The summed E-state index contributed by atoms with van der Waals surface area (Å²) in [6.07, 6.45) is 2.23. The Morgan fingerprint density at radius 2 is 1.97 bits per heavy atom. The molecule has 2 aromatic rings. The number of nitrogens with zero attached hydrogens (tertiary/aromatic N) is 2. The molecule has 0 radical (unpaired) electrons. The van der Waals surface area contributed by atoms with E-state index in [1.807, 2.05) is 30.9 Å². The number of carbonyl (C=O) groups is 2. The van der Waals surface area contributed by atoms with Gasteiger partial charge in [-0.1, -0.05) is 45.0 Å². The average Bonchev–Trinajstić information content (AvgIpc) is 3.15. The predicted molar refractivity (Wildman–Crippen MR) is 119 cm³/mol. The topological polar surface area (TPSA) is 40.6 Å². The first-order valence-corrected chi connectivity index (χ1v) is 11.5. The number of amides is 2. The van der Waals surface area contributed by atoms with E-state index in [2.05, 4.69) is 37.4 Å². The molecule has 1 aromatic carbocycles. The number of hydrogen-bond donors (Lipinski definition) is 0. The van der Waals surface area contributed by atoms with Gasteiger partial charge in [0.05, 0.1) is 12.6 Å². The summed E-state index contributed by atoms with van der Waals surface area (Å²) >= 11 is 1.77. The van der Waals surface area contributed by atoms with Gasteiger partial charge in [0.2, 0.25) is 11.8 Å². The van der Waals surface area contributed by atoms with Gasteiger partial charge in [-0.15, -0.1) is 11.3 Å². The van der Waals surface area contributed by atoms with Crippen molar-refractivity contribution < 1.29 is 9.59 Å². The zero-order chi connectivity index (χ0) is 21.0. The van der Waals surface area contributed by atoms with Crippen molar-refractivity contribution in [3.63, 3.8) is 0 Å². The maximum atomic E-state index is 13.4. The Kier molecular flexibility index (Phi) is 7.12. The van der Waals surface area contributed by atoms with Gasteiger partial charge in [-0.05, 0) is 53.8 Å². The molecule has 0 bridgehead atoms. The van der Waals surface area contributed by atoms with Crippen LogP contribution in [-0.2, 0) is 16.0 Å². The van der Waals surface area contributed by atoms with Gasteiger partial charge < -0.3 is 9.80 Å². The van der Waals surface area contributed by atoms with Crippen LogP contribution in [0.15, 0.2) is 35.7 Å². The molecule has 2 heterocycles. The average molecular weight is 413 g/mol. The third-order valence-electron chi connectivity index (χ3n) is 5.52. The fourth-order valence-electron chi connectivity index (χ4n) is 4.11. The molecule has 29 heavy (non-hydrogen) atoms. The van der Waals surface area contributed by atoms with Gasteiger partial charge in [-0.3, -0.25) is 9.59 Å². The summed E-state index contributed by atoms with van der Waals surface area (Å²) in [6, 6.07) is 10.4. The molecular weight excluding hydrogens is 380 g/mol. The molecule has 5 heteroatoms. The van der Waals surface area contributed by atoms with Crippen LogP contribution in [0.2, 0.25) is 0 Å². The van der Waals surface area contributed by atoms with Crippen molar-refractivity contribution >= 4 is 23.2 Å². The molecule has 0 saturated heterocycles. The van der Waals surface area contributed by atoms with Crippen molar-refractivity contribution in [3.8, 4) is 0 Å².